The van der Waals surface area contributed by atoms with Crippen molar-refractivity contribution in [1.29, 1.82) is 0 Å². The summed E-state index contributed by atoms with van der Waals surface area (Å²) in [6.07, 6.45) is 8.28. The highest BCUT2D eigenvalue weighted by Gasteiger charge is 2.45. The van der Waals surface area contributed by atoms with Crippen LogP contribution in [0.15, 0.2) is 66.7 Å². The number of methoxy groups -OCH3 is 4. The van der Waals surface area contributed by atoms with E-state index < -0.39 is 0 Å². The zero-order chi connectivity index (χ0) is 30.9. The summed E-state index contributed by atoms with van der Waals surface area (Å²) in [7, 11) is 6.69. The van der Waals surface area contributed by atoms with Gasteiger partial charge in [0.15, 0.2) is 23.0 Å². The lowest BCUT2D eigenvalue weighted by atomic mass is 9.92. The van der Waals surface area contributed by atoms with E-state index >= 15 is 0 Å². The van der Waals surface area contributed by atoms with E-state index in [1.165, 1.54) is 16.7 Å². The van der Waals surface area contributed by atoms with Crippen LogP contribution >= 0.6 is 0 Å². The second-order valence-electron chi connectivity index (χ2n) is 12.2. The van der Waals surface area contributed by atoms with Gasteiger partial charge in [-0.2, -0.15) is 0 Å². The van der Waals surface area contributed by atoms with Crippen molar-refractivity contribution in [1.82, 2.24) is 9.80 Å². The molecule has 2 saturated heterocycles. The maximum atomic E-state index is 13.8. The number of rotatable bonds is 16. The Morgan fingerprint density at radius 3 is 1.82 bits per heavy atom. The molecule has 5 rings (SSSR count). The molecule has 236 valence electrons. The molecule has 2 heterocycles. The predicted octanol–water partition coefficient (Wildman–Crippen LogP) is 6.56. The highest BCUT2D eigenvalue weighted by atomic mass is 16.5. The van der Waals surface area contributed by atoms with Crippen LogP contribution in [0.25, 0.3) is 0 Å². The zero-order valence-corrected chi connectivity index (χ0v) is 26.8. The van der Waals surface area contributed by atoms with Crippen LogP contribution in [0.1, 0.15) is 55.2 Å². The van der Waals surface area contributed by atoms with Crippen LogP contribution in [0, 0.1) is 5.92 Å². The van der Waals surface area contributed by atoms with Crippen molar-refractivity contribution in [2.75, 3.05) is 41.5 Å². The maximum absolute atomic E-state index is 13.8. The number of amides is 1. The van der Waals surface area contributed by atoms with Crippen molar-refractivity contribution >= 4 is 5.91 Å². The average Bonchev–Trinajstić information content (AvgIpc) is 3.37. The van der Waals surface area contributed by atoms with Crippen LogP contribution in [0.4, 0.5) is 0 Å². The lowest BCUT2D eigenvalue weighted by Gasteiger charge is -2.41. The van der Waals surface area contributed by atoms with Gasteiger partial charge in [0, 0.05) is 25.7 Å². The summed E-state index contributed by atoms with van der Waals surface area (Å²) in [5.41, 5.74) is 3.78. The number of hydrogen-bond acceptors (Lipinski definition) is 6. The molecule has 0 aliphatic carbocycles. The molecular formula is C37H48N2O5. The van der Waals surface area contributed by atoms with Gasteiger partial charge >= 0.3 is 0 Å². The summed E-state index contributed by atoms with van der Waals surface area (Å²) in [5.74, 6) is 3.81. The monoisotopic (exact) mass is 600 g/mol. The third-order valence-electron chi connectivity index (χ3n) is 9.41. The van der Waals surface area contributed by atoms with Gasteiger partial charge in [-0.1, -0.05) is 42.5 Å². The number of hydrogen-bond donors (Lipinski definition) is 0. The Kier molecular flexibility index (Phi) is 11.1. The quantitative estimate of drug-likeness (QED) is 0.186. The fraction of sp³-hybridized carbons (Fsp3) is 0.486. The molecule has 3 aromatic carbocycles. The van der Waals surface area contributed by atoms with Crippen molar-refractivity contribution in [2.24, 2.45) is 5.92 Å². The molecule has 44 heavy (non-hydrogen) atoms. The first kappa shape index (κ1) is 31.7. The summed E-state index contributed by atoms with van der Waals surface area (Å²) >= 11 is 0. The molecule has 2 aliphatic heterocycles. The van der Waals surface area contributed by atoms with E-state index in [0.717, 1.165) is 94.0 Å². The SMILES string of the molecule is COc1ccc(CCCC(CCCc2ccc(OC)c(OC)c2)CN2CC3CCC(C2=O)N3Cc2ccccc2)cc1OC. The second kappa shape index (κ2) is 15.3. The first-order valence-electron chi connectivity index (χ1n) is 16.0. The molecule has 7 nitrogen and oxygen atoms in total. The number of piperazine rings is 1. The van der Waals surface area contributed by atoms with Gasteiger partial charge in [0.25, 0.3) is 0 Å². The van der Waals surface area contributed by atoms with E-state index in [9.17, 15) is 4.79 Å². The van der Waals surface area contributed by atoms with Gasteiger partial charge in [0.2, 0.25) is 5.91 Å². The number of ether oxygens (including phenoxy) is 4. The van der Waals surface area contributed by atoms with Crippen molar-refractivity contribution in [3.05, 3.63) is 83.4 Å². The highest BCUT2D eigenvalue weighted by molar-refractivity contribution is 5.83. The Balaban J connectivity index is 1.22. The molecule has 2 bridgehead atoms. The molecular weight excluding hydrogens is 552 g/mol. The molecule has 0 saturated carbocycles. The van der Waals surface area contributed by atoms with E-state index in [1.807, 2.05) is 12.1 Å². The minimum atomic E-state index is 0.00753. The number of aryl methyl sites for hydroxylation is 2. The minimum Gasteiger partial charge on any atom is -0.493 e. The zero-order valence-electron chi connectivity index (χ0n) is 26.8. The van der Waals surface area contributed by atoms with Gasteiger partial charge < -0.3 is 23.8 Å². The Labute approximate surface area is 263 Å². The van der Waals surface area contributed by atoms with Gasteiger partial charge in [-0.15, -0.1) is 0 Å². The van der Waals surface area contributed by atoms with Gasteiger partial charge in [-0.05, 0) is 98.2 Å². The lowest BCUT2D eigenvalue weighted by Crippen LogP contribution is -2.57. The van der Waals surface area contributed by atoms with Crippen molar-refractivity contribution in [3.63, 3.8) is 0 Å². The van der Waals surface area contributed by atoms with Gasteiger partial charge in [0.05, 0.1) is 34.5 Å². The molecule has 0 aromatic heterocycles. The fourth-order valence-electron chi connectivity index (χ4n) is 7.05. The average molecular weight is 601 g/mol. The highest BCUT2D eigenvalue weighted by Crippen LogP contribution is 2.34. The number of likely N-dealkylation sites (tertiary alicyclic amines) is 1. The van der Waals surface area contributed by atoms with Crippen molar-refractivity contribution < 1.29 is 23.7 Å². The van der Waals surface area contributed by atoms with Crippen LogP contribution in [0.5, 0.6) is 23.0 Å². The molecule has 2 atom stereocenters. The number of carbonyl (C=O) groups excluding carboxylic acids is 1. The third kappa shape index (κ3) is 7.68. The minimum absolute atomic E-state index is 0.00753. The lowest BCUT2D eigenvalue weighted by molar-refractivity contribution is -0.142. The summed E-state index contributed by atoms with van der Waals surface area (Å²) in [5, 5.41) is 0. The Morgan fingerprint density at radius 2 is 1.27 bits per heavy atom. The normalized spacial score (nSPS) is 18.1. The predicted molar refractivity (Wildman–Crippen MR) is 174 cm³/mol. The fourth-order valence-corrected chi connectivity index (χ4v) is 7.05. The van der Waals surface area contributed by atoms with Gasteiger partial charge in [-0.25, -0.2) is 0 Å². The molecule has 0 radical (unpaired) electrons. The Hall–Kier alpha value is -3.71. The van der Waals surface area contributed by atoms with E-state index in [2.05, 4.69) is 64.4 Å². The van der Waals surface area contributed by atoms with Gasteiger partial charge in [0.1, 0.15) is 0 Å². The van der Waals surface area contributed by atoms with E-state index in [-0.39, 0.29) is 6.04 Å². The van der Waals surface area contributed by atoms with E-state index in [1.54, 1.807) is 28.4 Å². The Morgan fingerprint density at radius 1 is 0.705 bits per heavy atom. The molecule has 3 aromatic rings. The summed E-state index contributed by atoms with van der Waals surface area (Å²) < 4.78 is 21.9. The number of carbonyl (C=O) groups is 1. The van der Waals surface area contributed by atoms with Crippen LogP contribution in [-0.4, -0.2) is 69.3 Å². The van der Waals surface area contributed by atoms with Gasteiger partial charge in [-0.3, -0.25) is 9.69 Å². The number of benzene rings is 3. The van der Waals surface area contributed by atoms with Crippen LogP contribution in [-0.2, 0) is 24.2 Å². The molecule has 2 unspecified atom stereocenters. The standard InChI is InChI=1S/C37H48N2O5/c1-41-33-20-16-27(22-35(33)43-3)12-8-14-29(15-9-13-28-17-21-34(42-2)36(23-28)44-4)24-38-26-31-18-19-32(37(38)40)39(31)25-30-10-6-5-7-11-30/h5-7,10-11,16-17,20-23,29,31-32H,8-9,12-15,18-19,24-26H2,1-4H3. The number of fused-ring (bicyclic) bond motifs is 2. The Bertz CT molecular complexity index is 1300. The first-order valence-corrected chi connectivity index (χ1v) is 16.0. The largest absolute Gasteiger partial charge is 0.493 e. The third-order valence-corrected chi connectivity index (χ3v) is 9.41. The second-order valence-corrected chi connectivity index (χ2v) is 12.2. The smallest absolute Gasteiger partial charge is 0.240 e. The van der Waals surface area contributed by atoms with Crippen LogP contribution in [0.3, 0.4) is 0 Å². The van der Waals surface area contributed by atoms with Crippen molar-refractivity contribution in [2.45, 2.75) is 70.0 Å². The number of nitrogens with zero attached hydrogens (tertiary/aromatic N) is 2. The van der Waals surface area contributed by atoms with Crippen LogP contribution < -0.4 is 18.9 Å². The molecule has 0 spiro atoms. The summed E-state index contributed by atoms with van der Waals surface area (Å²) in [4.78, 5) is 18.5. The first-order chi connectivity index (χ1) is 21.5. The molecule has 2 aliphatic rings. The molecule has 2 fully saturated rings. The molecule has 1 amide bonds. The van der Waals surface area contributed by atoms with Crippen molar-refractivity contribution in [3.8, 4) is 23.0 Å². The summed E-state index contributed by atoms with van der Waals surface area (Å²) in [6.45, 7) is 2.53. The molecule has 0 N–H and O–H groups in total. The summed E-state index contributed by atoms with van der Waals surface area (Å²) in [6, 6.07) is 23.4. The molecule has 7 heteroatoms. The topological polar surface area (TPSA) is 60.5 Å². The van der Waals surface area contributed by atoms with Crippen LogP contribution in [0.2, 0.25) is 0 Å². The van der Waals surface area contributed by atoms with E-state index in [4.69, 9.17) is 18.9 Å². The maximum Gasteiger partial charge on any atom is 0.240 e. The van der Waals surface area contributed by atoms with E-state index in [0.29, 0.717) is 17.9 Å².